The van der Waals surface area contributed by atoms with Gasteiger partial charge in [-0.3, -0.25) is 20.2 Å². The predicted molar refractivity (Wildman–Crippen MR) is 76.5 cm³/mol. The Morgan fingerprint density at radius 2 is 1.86 bits per heavy atom. The predicted octanol–water partition coefficient (Wildman–Crippen LogP) is 3.09. The van der Waals surface area contributed by atoms with Crippen molar-refractivity contribution in [3.8, 4) is 5.75 Å². The van der Waals surface area contributed by atoms with Crippen molar-refractivity contribution in [1.29, 1.82) is 0 Å². The lowest BCUT2D eigenvalue weighted by Crippen LogP contribution is -2.28. The van der Waals surface area contributed by atoms with Crippen LogP contribution in [-0.2, 0) is 0 Å². The molecule has 0 unspecified atom stereocenters. The van der Waals surface area contributed by atoms with Crippen LogP contribution in [0.5, 0.6) is 5.75 Å². The molecular weight excluding hydrogens is 288 g/mol. The summed E-state index contributed by atoms with van der Waals surface area (Å²) < 4.78 is 5.89. The molecule has 7 nitrogen and oxygen atoms in total. The summed E-state index contributed by atoms with van der Waals surface area (Å²) in [6.07, 6.45) is 6.47. The van der Waals surface area contributed by atoms with Crippen LogP contribution in [0.1, 0.15) is 12.8 Å². The molecule has 4 bridgehead atoms. The van der Waals surface area contributed by atoms with Gasteiger partial charge in [-0.1, -0.05) is 12.2 Å². The lowest BCUT2D eigenvalue weighted by molar-refractivity contribution is -0.394. The maximum atomic E-state index is 11.1. The average Bonchev–Trinajstić information content (AvgIpc) is 3.14. The van der Waals surface area contributed by atoms with E-state index in [1.807, 2.05) is 0 Å². The normalized spacial score (nSPS) is 34.1. The summed E-state index contributed by atoms with van der Waals surface area (Å²) >= 11 is 0. The highest BCUT2D eigenvalue weighted by molar-refractivity contribution is 5.53. The van der Waals surface area contributed by atoms with Gasteiger partial charge in [-0.25, -0.2) is 0 Å². The van der Waals surface area contributed by atoms with Gasteiger partial charge in [-0.05, 0) is 36.7 Å². The topological polar surface area (TPSA) is 95.5 Å². The van der Waals surface area contributed by atoms with E-state index in [1.165, 1.54) is 12.1 Å². The van der Waals surface area contributed by atoms with E-state index in [0.29, 0.717) is 23.7 Å². The van der Waals surface area contributed by atoms with Gasteiger partial charge in [0, 0.05) is 12.0 Å². The fourth-order valence-electron chi connectivity index (χ4n) is 4.36. The SMILES string of the molecule is O=[N+]([O-])c1ccc(O[C@H]2C[C@H]3[C@H]4C=C[C@H]3C[C@H]42)c([N+](=O)[O-])c1. The molecule has 1 aromatic rings. The summed E-state index contributed by atoms with van der Waals surface area (Å²) in [6, 6.07) is 3.56. The molecule has 2 saturated carbocycles. The van der Waals surface area contributed by atoms with Crippen molar-refractivity contribution in [2.24, 2.45) is 23.7 Å². The highest BCUT2D eigenvalue weighted by Crippen LogP contribution is 2.58. The Bertz CT molecular complexity index is 701. The number of hydrogen-bond acceptors (Lipinski definition) is 5. The van der Waals surface area contributed by atoms with E-state index in [4.69, 9.17) is 4.74 Å². The molecule has 0 spiro atoms. The molecule has 114 valence electrons. The largest absolute Gasteiger partial charge is 0.483 e. The Hall–Kier alpha value is -2.44. The van der Waals surface area contributed by atoms with E-state index < -0.39 is 9.85 Å². The van der Waals surface area contributed by atoms with Crippen LogP contribution >= 0.6 is 0 Å². The molecule has 3 aliphatic carbocycles. The molecule has 1 aromatic carbocycles. The molecule has 22 heavy (non-hydrogen) atoms. The van der Waals surface area contributed by atoms with Gasteiger partial charge in [-0.2, -0.15) is 0 Å². The number of ether oxygens (including phenoxy) is 1. The first kappa shape index (κ1) is 13.2. The lowest BCUT2D eigenvalue weighted by Gasteiger charge is -2.27. The highest BCUT2D eigenvalue weighted by atomic mass is 16.6. The van der Waals surface area contributed by atoms with Crippen LogP contribution in [-0.4, -0.2) is 16.0 Å². The molecule has 3 aliphatic rings. The Morgan fingerprint density at radius 1 is 1.05 bits per heavy atom. The van der Waals surface area contributed by atoms with Gasteiger partial charge in [-0.15, -0.1) is 0 Å². The first-order valence-corrected chi connectivity index (χ1v) is 7.32. The maximum absolute atomic E-state index is 11.1. The minimum atomic E-state index is -0.641. The fraction of sp³-hybridized carbons (Fsp3) is 0.467. The molecule has 0 amide bonds. The molecule has 7 heteroatoms. The fourth-order valence-corrected chi connectivity index (χ4v) is 4.36. The van der Waals surface area contributed by atoms with Crippen LogP contribution in [0.4, 0.5) is 11.4 Å². The number of non-ortho nitro benzene ring substituents is 1. The van der Waals surface area contributed by atoms with Crippen molar-refractivity contribution in [1.82, 2.24) is 0 Å². The van der Waals surface area contributed by atoms with Crippen molar-refractivity contribution in [3.63, 3.8) is 0 Å². The molecule has 4 rings (SSSR count). The van der Waals surface area contributed by atoms with Gasteiger partial charge in [0.2, 0.25) is 0 Å². The standard InChI is InChI=1S/C15H14N2O5/c18-16(19)9-2-4-14(13(6-9)17(20)21)22-15-7-11-8-1-3-10(11)12(15)5-8/h1-4,6,8,10-12,15H,5,7H2/t8-,10+,11+,12+,15-/m0/s1. The number of nitrogens with zero attached hydrogens (tertiary/aromatic N) is 2. The van der Waals surface area contributed by atoms with Crippen LogP contribution in [0.2, 0.25) is 0 Å². The van der Waals surface area contributed by atoms with Crippen LogP contribution in [0.15, 0.2) is 30.4 Å². The quantitative estimate of drug-likeness (QED) is 0.484. The molecule has 0 aromatic heterocycles. The second-order valence-corrected chi connectivity index (χ2v) is 6.25. The van der Waals surface area contributed by atoms with Gasteiger partial charge in [0.05, 0.1) is 15.9 Å². The van der Waals surface area contributed by atoms with Crippen LogP contribution < -0.4 is 4.74 Å². The Balaban J connectivity index is 1.60. The van der Waals surface area contributed by atoms with Gasteiger partial charge < -0.3 is 4.74 Å². The second-order valence-electron chi connectivity index (χ2n) is 6.25. The Labute approximate surface area is 125 Å². The number of allylic oxidation sites excluding steroid dienone is 2. The van der Waals surface area contributed by atoms with Gasteiger partial charge in [0.25, 0.3) is 5.69 Å². The van der Waals surface area contributed by atoms with Crippen LogP contribution in [0.3, 0.4) is 0 Å². The minimum Gasteiger partial charge on any atom is -0.483 e. The summed E-state index contributed by atoms with van der Waals surface area (Å²) in [4.78, 5) is 20.6. The monoisotopic (exact) mass is 302 g/mol. The van der Waals surface area contributed by atoms with Crippen LogP contribution in [0, 0.1) is 43.9 Å². The number of hydrogen-bond donors (Lipinski definition) is 0. The molecule has 2 fully saturated rings. The Kier molecular flexibility index (Phi) is 2.72. The molecule has 0 radical (unpaired) electrons. The average molecular weight is 302 g/mol. The third-order valence-corrected chi connectivity index (χ3v) is 5.27. The summed E-state index contributed by atoms with van der Waals surface area (Å²) in [5, 5.41) is 21.9. The molecule has 0 heterocycles. The van der Waals surface area contributed by atoms with Crippen molar-refractivity contribution in [2.45, 2.75) is 18.9 Å². The van der Waals surface area contributed by atoms with Crippen molar-refractivity contribution >= 4 is 11.4 Å². The van der Waals surface area contributed by atoms with E-state index in [1.54, 1.807) is 0 Å². The lowest BCUT2D eigenvalue weighted by atomic mass is 9.87. The van der Waals surface area contributed by atoms with Gasteiger partial charge in [0.15, 0.2) is 5.75 Å². The molecule has 5 atom stereocenters. The van der Waals surface area contributed by atoms with E-state index in [-0.39, 0.29) is 23.2 Å². The highest BCUT2D eigenvalue weighted by Gasteiger charge is 2.55. The van der Waals surface area contributed by atoms with Crippen molar-refractivity contribution in [2.75, 3.05) is 0 Å². The number of benzene rings is 1. The van der Waals surface area contributed by atoms with E-state index in [0.717, 1.165) is 18.9 Å². The summed E-state index contributed by atoms with van der Waals surface area (Å²) in [7, 11) is 0. The molecule has 0 aliphatic heterocycles. The Morgan fingerprint density at radius 3 is 2.50 bits per heavy atom. The second kappa shape index (κ2) is 4.53. The number of nitro groups is 2. The van der Waals surface area contributed by atoms with Gasteiger partial charge >= 0.3 is 5.69 Å². The van der Waals surface area contributed by atoms with E-state index >= 15 is 0 Å². The molecule has 0 N–H and O–H groups in total. The minimum absolute atomic E-state index is 0.0312. The first-order chi connectivity index (χ1) is 10.5. The zero-order valence-electron chi connectivity index (χ0n) is 11.6. The smallest absolute Gasteiger partial charge is 0.317 e. The third kappa shape index (κ3) is 1.81. The summed E-state index contributed by atoms with van der Waals surface area (Å²) in [6.45, 7) is 0. The van der Waals surface area contributed by atoms with Crippen LogP contribution in [0.25, 0.3) is 0 Å². The van der Waals surface area contributed by atoms with E-state index in [2.05, 4.69) is 12.2 Å². The maximum Gasteiger partial charge on any atom is 0.317 e. The van der Waals surface area contributed by atoms with Gasteiger partial charge in [0.1, 0.15) is 6.10 Å². The van der Waals surface area contributed by atoms with Crippen molar-refractivity contribution < 1.29 is 14.6 Å². The molecule has 0 saturated heterocycles. The van der Waals surface area contributed by atoms with E-state index in [9.17, 15) is 20.2 Å². The third-order valence-electron chi connectivity index (χ3n) is 5.27. The first-order valence-electron chi connectivity index (χ1n) is 7.32. The zero-order chi connectivity index (χ0) is 15.4. The molecular formula is C15H14N2O5. The van der Waals surface area contributed by atoms with Crippen molar-refractivity contribution in [3.05, 3.63) is 50.6 Å². The number of nitro benzene ring substituents is 2. The summed E-state index contributed by atoms with van der Waals surface area (Å²) in [5.41, 5.74) is -0.633. The number of rotatable bonds is 4. The summed E-state index contributed by atoms with van der Waals surface area (Å²) in [5.74, 6) is 2.32. The zero-order valence-corrected chi connectivity index (χ0v) is 11.6.